The molecule has 0 aliphatic heterocycles. The molecule has 8 aromatic rings. The first kappa shape index (κ1) is 32.9. The first-order chi connectivity index (χ1) is 24.8. The fraction of sp³-hybridized carbons (Fsp3) is 0.106. The second kappa shape index (κ2) is 13.4. The average Bonchev–Trinajstić information content (AvgIpc) is 3.16. The molecule has 250 valence electrons. The van der Waals surface area contributed by atoms with E-state index in [4.69, 9.17) is 0 Å². The highest BCUT2D eigenvalue weighted by atomic mass is 32.2. The molecule has 8 aromatic carbocycles. The highest BCUT2D eigenvalue weighted by Crippen LogP contribution is 2.47. The van der Waals surface area contributed by atoms with Crippen molar-refractivity contribution in [2.24, 2.45) is 0 Å². The number of hydrogen-bond donors (Lipinski definition) is 0. The third kappa shape index (κ3) is 6.20. The lowest BCUT2D eigenvalue weighted by Gasteiger charge is -2.30. The summed E-state index contributed by atoms with van der Waals surface area (Å²) in [5.41, 5.74) is 6.94. The van der Waals surface area contributed by atoms with Crippen molar-refractivity contribution in [2.75, 3.05) is 22.3 Å². The van der Waals surface area contributed by atoms with Gasteiger partial charge in [-0.25, -0.2) is 0 Å². The van der Waals surface area contributed by atoms with Crippen LogP contribution >= 0.6 is 0 Å². The lowest BCUT2D eigenvalue weighted by molar-refractivity contribution is 1.28. The van der Waals surface area contributed by atoms with E-state index in [1.807, 2.05) is 0 Å². The van der Waals surface area contributed by atoms with Gasteiger partial charge >= 0.3 is 0 Å². The minimum absolute atomic E-state index is 0.194. The molecular weight excluding hydrogens is 653 g/mol. The molecule has 0 aromatic heterocycles. The normalized spacial score (nSPS) is 11.8. The largest absolute Gasteiger partial charge is 0.310 e. The highest BCUT2D eigenvalue weighted by Gasteiger charge is 2.23. The fourth-order valence-corrected chi connectivity index (χ4v) is 9.12. The van der Waals surface area contributed by atoms with Crippen molar-refractivity contribution in [1.82, 2.24) is 0 Å². The van der Waals surface area contributed by atoms with Gasteiger partial charge in [-0.2, -0.15) is 0 Å². The molecule has 0 amide bonds. The summed E-state index contributed by atoms with van der Waals surface area (Å²) in [5.74, 6) is 0. The van der Waals surface area contributed by atoms with Crippen LogP contribution in [0.2, 0.25) is 19.6 Å². The van der Waals surface area contributed by atoms with E-state index in [1.165, 1.54) is 53.8 Å². The molecule has 0 spiro atoms. The standard InChI is InChI=1S/C47H43N2SSi/c1-50(2)38-28-24-36(25-29-38)48(34-16-8-6-9-17-34)46-32-44-41-21-13-15-23-43(41)47(33-45(44)40-20-12-14-22-42(40)46)49(35-18-10-7-11-19-35)37-26-30-39(31-27-37)51(3,4)5/h6-33H,1-5H3/q+1. The number of nitrogens with zero attached hydrogens (tertiary/aromatic N) is 2. The zero-order valence-electron chi connectivity index (χ0n) is 30.0. The topological polar surface area (TPSA) is 6.48 Å². The summed E-state index contributed by atoms with van der Waals surface area (Å²) in [5, 5.41) is 8.86. The highest BCUT2D eigenvalue weighted by molar-refractivity contribution is 7.95. The van der Waals surface area contributed by atoms with Crippen molar-refractivity contribution >= 4 is 90.6 Å². The number of fused-ring (bicyclic) bond motifs is 5. The van der Waals surface area contributed by atoms with Gasteiger partial charge in [0, 0.05) is 44.4 Å². The Bertz CT molecular complexity index is 2470. The maximum absolute atomic E-state index is 2.44. The molecule has 0 saturated heterocycles. The molecule has 0 aliphatic carbocycles. The van der Waals surface area contributed by atoms with E-state index < -0.39 is 8.07 Å². The molecule has 8 rings (SSSR count). The molecule has 0 unspecified atom stereocenters. The van der Waals surface area contributed by atoms with E-state index >= 15 is 0 Å². The van der Waals surface area contributed by atoms with Gasteiger partial charge in [0.15, 0.2) is 4.90 Å². The second-order valence-corrected chi connectivity index (χ2v) is 21.6. The number of para-hydroxylation sites is 2. The Hall–Kier alpha value is -5.29. The molecule has 0 heterocycles. The smallest absolute Gasteiger partial charge is 0.154 e. The maximum atomic E-state index is 2.44. The third-order valence-electron chi connectivity index (χ3n) is 9.91. The predicted molar refractivity (Wildman–Crippen MR) is 229 cm³/mol. The van der Waals surface area contributed by atoms with Crippen molar-refractivity contribution in [3.63, 3.8) is 0 Å². The zero-order chi connectivity index (χ0) is 35.1. The van der Waals surface area contributed by atoms with Gasteiger partial charge in [0.05, 0.1) is 19.4 Å². The van der Waals surface area contributed by atoms with Gasteiger partial charge in [-0.15, -0.1) is 0 Å². The van der Waals surface area contributed by atoms with E-state index in [0.717, 1.165) is 22.7 Å². The summed E-state index contributed by atoms with van der Waals surface area (Å²) >= 11 is 0. The van der Waals surface area contributed by atoms with Gasteiger partial charge < -0.3 is 9.80 Å². The van der Waals surface area contributed by atoms with Crippen LogP contribution in [0.3, 0.4) is 0 Å². The first-order valence-corrected chi connectivity index (χ1v) is 23.2. The first-order valence-electron chi connectivity index (χ1n) is 17.6. The van der Waals surface area contributed by atoms with Crippen LogP contribution in [0.15, 0.2) is 175 Å². The molecule has 0 aliphatic rings. The second-order valence-electron chi connectivity index (χ2n) is 14.4. The Morgan fingerprint density at radius 2 is 0.725 bits per heavy atom. The van der Waals surface area contributed by atoms with Gasteiger partial charge in [0.2, 0.25) is 0 Å². The number of hydrogen-bond acceptors (Lipinski definition) is 2. The van der Waals surface area contributed by atoms with Crippen LogP contribution in [0.5, 0.6) is 0 Å². The van der Waals surface area contributed by atoms with Gasteiger partial charge in [-0.3, -0.25) is 0 Å². The minimum atomic E-state index is -1.45. The maximum Gasteiger partial charge on any atom is 0.154 e. The van der Waals surface area contributed by atoms with Crippen LogP contribution in [0.25, 0.3) is 32.3 Å². The molecule has 4 heteroatoms. The van der Waals surface area contributed by atoms with Gasteiger partial charge in [-0.05, 0) is 94.3 Å². The van der Waals surface area contributed by atoms with Crippen LogP contribution in [-0.2, 0) is 10.9 Å². The SMILES string of the molecule is C[S+](C)c1ccc(N(c2ccccc2)c2cc3c4ccccc4c(N(c4ccccc4)c4ccc([Si](C)(C)C)cc4)cc3c3ccccc23)cc1. The fourth-order valence-electron chi connectivity index (χ4n) is 7.27. The van der Waals surface area contributed by atoms with Crippen LogP contribution in [0, 0.1) is 0 Å². The lowest BCUT2D eigenvalue weighted by atomic mass is 9.93. The Balaban J connectivity index is 1.42. The quantitative estimate of drug-likeness (QED) is 0.0887. The molecule has 0 fully saturated rings. The van der Waals surface area contributed by atoms with Gasteiger partial charge in [-0.1, -0.05) is 122 Å². The molecule has 0 atom stereocenters. The summed E-state index contributed by atoms with van der Waals surface area (Å²) in [4.78, 5) is 6.23. The Morgan fingerprint density at radius 1 is 0.373 bits per heavy atom. The number of rotatable bonds is 8. The van der Waals surface area contributed by atoms with Crippen molar-refractivity contribution in [1.29, 1.82) is 0 Å². The van der Waals surface area contributed by atoms with Crippen LogP contribution in [-0.4, -0.2) is 20.6 Å². The van der Waals surface area contributed by atoms with Gasteiger partial charge in [0.25, 0.3) is 0 Å². The summed E-state index contributed by atoms with van der Waals surface area (Å²) in [6.45, 7) is 7.23. The van der Waals surface area contributed by atoms with Crippen molar-refractivity contribution in [3.05, 3.63) is 170 Å². The lowest BCUT2D eigenvalue weighted by Crippen LogP contribution is -2.37. The van der Waals surface area contributed by atoms with Crippen LogP contribution < -0.4 is 15.0 Å². The Morgan fingerprint density at radius 3 is 1.12 bits per heavy atom. The van der Waals surface area contributed by atoms with Crippen LogP contribution in [0.4, 0.5) is 34.1 Å². The Kier molecular flexibility index (Phi) is 8.67. The van der Waals surface area contributed by atoms with E-state index in [0.29, 0.717) is 0 Å². The van der Waals surface area contributed by atoms with E-state index in [2.05, 4.69) is 212 Å². The monoisotopic (exact) mass is 695 g/mol. The molecule has 0 radical (unpaired) electrons. The van der Waals surface area contributed by atoms with E-state index in [-0.39, 0.29) is 10.9 Å². The molecule has 2 nitrogen and oxygen atoms in total. The molecule has 0 N–H and O–H groups in total. The van der Waals surface area contributed by atoms with Crippen molar-refractivity contribution in [2.45, 2.75) is 24.5 Å². The summed E-state index contributed by atoms with van der Waals surface area (Å²) < 4.78 is 0. The van der Waals surface area contributed by atoms with Crippen LogP contribution in [0.1, 0.15) is 0 Å². The third-order valence-corrected chi connectivity index (χ3v) is 13.2. The summed E-state index contributed by atoms with van der Waals surface area (Å²) in [7, 11) is -1.26. The van der Waals surface area contributed by atoms with E-state index in [9.17, 15) is 0 Å². The minimum Gasteiger partial charge on any atom is -0.310 e. The predicted octanol–water partition coefficient (Wildman–Crippen LogP) is 12.9. The molecule has 51 heavy (non-hydrogen) atoms. The molecule has 0 bridgehead atoms. The number of benzene rings is 8. The van der Waals surface area contributed by atoms with E-state index in [1.54, 1.807) is 0 Å². The Labute approximate surface area is 306 Å². The summed E-state index contributed by atoms with van der Waals surface area (Å²) in [6.07, 6.45) is 4.56. The average molecular weight is 696 g/mol. The summed E-state index contributed by atoms with van der Waals surface area (Å²) in [6, 6.07) is 62.7. The van der Waals surface area contributed by atoms with Crippen molar-refractivity contribution < 1.29 is 0 Å². The van der Waals surface area contributed by atoms with Gasteiger partial charge in [0.1, 0.15) is 12.5 Å². The zero-order valence-corrected chi connectivity index (χ0v) is 31.8. The van der Waals surface area contributed by atoms with Crippen molar-refractivity contribution in [3.8, 4) is 0 Å². The molecular formula is C47H43N2SSi+. The number of anilines is 6. The molecule has 0 saturated carbocycles.